The molecule has 1 heterocycles. The number of rotatable bonds is 4. The molecule has 0 bridgehead atoms. The van der Waals surface area contributed by atoms with Gasteiger partial charge in [-0.15, -0.1) is 0 Å². The molecule has 0 unspecified atom stereocenters. The molecule has 4 heteroatoms. The van der Waals surface area contributed by atoms with Crippen molar-refractivity contribution < 1.29 is 4.74 Å². The van der Waals surface area contributed by atoms with Gasteiger partial charge in [-0.25, -0.2) is 0 Å². The van der Waals surface area contributed by atoms with Crippen molar-refractivity contribution in [3.8, 4) is 5.69 Å². The van der Waals surface area contributed by atoms with Crippen molar-refractivity contribution in [2.75, 3.05) is 13.7 Å². The van der Waals surface area contributed by atoms with E-state index in [0.717, 1.165) is 27.9 Å². The number of aromatic nitrogens is 2. The number of hydrogen-bond acceptors (Lipinski definition) is 2. The first-order chi connectivity index (χ1) is 10.2. The molecule has 0 aliphatic rings. The second-order valence-corrected chi connectivity index (χ2v) is 5.49. The van der Waals surface area contributed by atoms with Gasteiger partial charge in [0.2, 0.25) is 0 Å². The van der Waals surface area contributed by atoms with Crippen LogP contribution in [0.25, 0.3) is 16.7 Å². The molecule has 0 atom stereocenters. The number of hydrogen-bond donors (Lipinski definition) is 1. The Morgan fingerprint density at radius 2 is 1.95 bits per heavy atom. The second kappa shape index (κ2) is 5.84. The average Bonchev–Trinajstić information content (AvgIpc) is 2.83. The van der Waals surface area contributed by atoms with Crippen LogP contribution in [0.2, 0.25) is 0 Å². The monoisotopic (exact) mass is 298 g/mol. The normalized spacial score (nSPS) is 11.1. The van der Waals surface area contributed by atoms with Gasteiger partial charge in [0.25, 0.3) is 0 Å². The first-order valence-electron chi connectivity index (χ1n) is 7.00. The molecule has 1 N–H and O–H groups in total. The molecule has 0 saturated heterocycles. The van der Waals surface area contributed by atoms with E-state index >= 15 is 0 Å². The summed E-state index contributed by atoms with van der Waals surface area (Å²) in [5, 5.41) is 0. The van der Waals surface area contributed by atoms with E-state index in [2.05, 4.69) is 46.8 Å². The third kappa shape index (κ3) is 2.52. The largest absolute Gasteiger partial charge is 0.384 e. The molecule has 0 radical (unpaired) electrons. The quantitative estimate of drug-likeness (QED) is 0.732. The number of nitrogens with zero attached hydrogens (tertiary/aromatic N) is 1. The van der Waals surface area contributed by atoms with Gasteiger partial charge in [0.15, 0.2) is 4.77 Å². The van der Waals surface area contributed by atoms with Gasteiger partial charge in [-0.2, -0.15) is 0 Å². The minimum Gasteiger partial charge on any atom is -0.384 e. The zero-order valence-corrected chi connectivity index (χ0v) is 13.0. The van der Waals surface area contributed by atoms with Gasteiger partial charge in [0.05, 0.1) is 23.3 Å². The Kier molecular flexibility index (Phi) is 3.90. The van der Waals surface area contributed by atoms with Crippen LogP contribution in [0.5, 0.6) is 0 Å². The topological polar surface area (TPSA) is 29.9 Å². The summed E-state index contributed by atoms with van der Waals surface area (Å²) < 4.78 is 8.07. The van der Waals surface area contributed by atoms with Gasteiger partial charge in [-0.05, 0) is 48.8 Å². The average molecular weight is 298 g/mol. The number of H-pyrrole nitrogens is 1. The van der Waals surface area contributed by atoms with Crippen LogP contribution in [-0.2, 0) is 11.2 Å². The highest BCUT2D eigenvalue weighted by atomic mass is 32.1. The van der Waals surface area contributed by atoms with Crippen LogP contribution >= 0.6 is 12.2 Å². The lowest BCUT2D eigenvalue weighted by Gasteiger charge is -2.12. The Morgan fingerprint density at radius 1 is 1.14 bits per heavy atom. The van der Waals surface area contributed by atoms with Crippen LogP contribution in [0.4, 0.5) is 0 Å². The molecule has 108 valence electrons. The number of ether oxygens (including phenoxy) is 1. The minimum absolute atomic E-state index is 0.700. The van der Waals surface area contributed by atoms with E-state index in [-0.39, 0.29) is 0 Å². The van der Waals surface area contributed by atoms with Crippen LogP contribution in [0.15, 0.2) is 42.5 Å². The number of methoxy groups -OCH3 is 1. The summed E-state index contributed by atoms with van der Waals surface area (Å²) in [7, 11) is 1.73. The van der Waals surface area contributed by atoms with Crippen molar-refractivity contribution in [1.29, 1.82) is 0 Å². The minimum atomic E-state index is 0.700. The molecule has 21 heavy (non-hydrogen) atoms. The van der Waals surface area contributed by atoms with Gasteiger partial charge in [0, 0.05) is 7.11 Å². The van der Waals surface area contributed by atoms with Gasteiger partial charge < -0.3 is 9.72 Å². The third-order valence-corrected chi connectivity index (χ3v) is 4.00. The van der Waals surface area contributed by atoms with Crippen LogP contribution in [0.1, 0.15) is 11.1 Å². The maximum absolute atomic E-state index is 5.54. The van der Waals surface area contributed by atoms with Crippen LogP contribution in [0.3, 0.4) is 0 Å². The Morgan fingerprint density at radius 3 is 2.76 bits per heavy atom. The van der Waals surface area contributed by atoms with Crippen molar-refractivity contribution in [1.82, 2.24) is 9.55 Å². The van der Waals surface area contributed by atoms with E-state index in [1.54, 1.807) is 7.11 Å². The summed E-state index contributed by atoms with van der Waals surface area (Å²) in [6.45, 7) is 2.81. The lowest BCUT2D eigenvalue weighted by Crippen LogP contribution is -2.03. The maximum atomic E-state index is 5.54. The number of fused-ring (bicyclic) bond motifs is 1. The van der Waals surface area contributed by atoms with E-state index in [1.807, 2.05) is 12.1 Å². The number of imidazole rings is 1. The predicted octanol–water partition coefficient (Wildman–Crippen LogP) is 4.19. The molecular weight excluding hydrogens is 280 g/mol. The summed E-state index contributed by atoms with van der Waals surface area (Å²) in [6, 6.07) is 14.6. The Hall–Kier alpha value is -1.91. The Bertz CT molecular complexity index is 832. The lowest BCUT2D eigenvalue weighted by molar-refractivity contribution is 0.202. The summed E-state index contributed by atoms with van der Waals surface area (Å²) in [5.74, 6) is 0. The molecular formula is C17H18N2OS. The fourth-order valence-corrected chi connectivity index (χ4v) is 3.01. The SMILES string of the molecule is COCCc1ccccc1-n1c(=S)[nH]c2cccc(C)c21. The molecule has 0 fully saturated rings. The van der Waals surface area contributed by atoms with E-state index < -0.39 is 0 Å². The van der Waals surface area contributed by atoms with Crippen LogP contribution in [-0.4, -0.2) is 23.3 Å². The standard InChI is InChI=1S/C17H18N2OS/c1-12-6-5-8-14-16(12)19(17(21)18-14)15-9-4-3-7-13(15)10-11-20-2/h3-9H,10-11H2,1-2H3,(H,18,21). The lowest BCUT2D eigenvalue weighted by atomic mass is 10.1. The number of aryl methyl sites for hydroxylation is 1. The van der Waals surface area contributed by atoms with Crippen molar-refractivity contribution in [2.45, 2.75) is 13.3 Å². The molecule has 3 nitrogen and oxygen atoms in total. The molecule has 0 aliphatic heterocycles. The van der Waals surface area contributed by atoms with E-state index in [4.69, 9.17) is 17.0 Å². The molecule has 3 rings (SSSR count). The highest BCUT2D eigenvalue weighted by Crippen LogP contribution is 2.25. The summed E-state index contributed by atoms with van der Waals surface area (Å²) >= 11 is 5.54. The van der Waals surface area contributed by atoms with Gasteiger partial charge in [-0.1, -0.05) is 30.3 Å². The van der Waals surface area contributed by atoms with E-state index in [0.29, 0.717) is 6.61 Å². The van der Waals surface area contributed by atoms with Crippen molar-refractivity contribution in [3.63, 3.8) is 0 Å². The summed E-state index contributed by atoms with van der Waals surface area (Å²) in [4.78, 5) is 3.30. The fourth-order valence-electron chi connectivity index (χ4n) is 2.71. The highest BCUT2D eigenvalue weighted by Gasteiger charge is 2.11. The molecule has 0 saturated carbocycles. The smallest absolute Gasteiger partial charge is 0.182 e. The summed E-state index contributed by atoms with van der Waals surface area (Å²) in [5.41, 5.74) is 5.79. The van der Waals surface area contributed by atoms with Crippen LogP contribution in [0, 0.1) is 11.7 Å². The van der Waals surface area contributed by atoms with E-state index in [9.17, 15) is 0 Å². The zero-order valence-electron chi connectivity index (χ0n) is 12.2. The fraction of sp³-hybridized carbons (Fsp3) is 0.235. The Balaban J connectivity index is 2.26. The number of benzene rings is 2. The maximum Gasteiger partial charge on any atom is 0.182 e. The zero-order chi connectivity index (χ0) is 14.8. The predicted molar refractivity (Wildman–Crippen MR) is 88.8 cm³/mol. The molecule has 3 aromatic rings. The van der Waals surface area contributed by atoms with Gasteiger partial charge >= 0.3 is 0 Å². The molecule has 0 spiro atoms. The van der Waals surface area contributed by atoms with Gasteiger partial charge in [0.1, 0.15) is 0 Å². The van der Waals surface area contributed by atoms with Crippen molar-refractivity contribution in [3.05, 3.63) is 58.4 Å². The Labute approximate surface area is 129 Å². The second-order valence-electron chi connectivity index (χ2n) is 5.11. The van der Waals surface area contributed by atoms with Crippen LogP contribution < -0.4 is 0 Å². The van der Waals surface area contributed by atoms with Crippen molar-refractivity contribution in [2.24, 2.45) is 0 Å². The highest BCUT2D eigenvalue weighted by molar-refractivity contribution is 7.71. The van der Waals surface area contributed by atoms with Gasteiger partial charge in [-0.3, -0.25) is 4.57 Å². The van der Waals surface area contributed by atoms with Crippen molar-refractivity contribution >= 4 is 23.3 Å². The molecule has 2 aromatic carbocycles. The third-order valence-electron chi connectivity index (χ3n) is 3.71. The number of aromatic amines is 1. The number of para-hydroxylation sites is 2. The van der Waals surface area contributed by atoms with E-state index in [1.165, 1.54) is 11.1 Å². The number of nitrogens with one attached hydrogen (secondary N) is 1. The first kappa shape index (κ1) is 14.0. The molecule has 0 aliphatic carbocycles. The first-order valence-corrected chi connectivity index (χ1v) is 7.41. The summed E-state index contributed by atoms with van der Waals surface area (Å²) in [6.07, 6.45) is 0.868. The molecule has 1 aromatic heterocycles. The molecule has 0 amide bonds.